The van der Waals surface area contributed by atoms with E-state index < -0.39 is 0 Å². The molecule has 0 saturated carbocycles. The van der Waals surface area contributed by atoms with Gasteiger partial charge in [0.05, 0.1) is 14.2 Å². The molecular formula is C11H15BrO2. The summed E-state index contributed by atoms with van der Waals surface area (Å²) in [4.78, 5) is 0. The second kappa shape index (κ2) is 5.25. The Hall–Kier alpha value is -0.700. The number of alkyl halides is 1. The Morgan fingerprint density at radius 1 is 1.14 bits per heavy atom. The highest BCUT2D eigenvalue weighted by atomic mass is 79.9. The summed E-state index contributed by atoms with van der Waals surface area (Å²) in [5.41, 5.74) is 2.27. The number of hydrogen-bond acceptors (Lipinski definition) is 2. The van der Waals surface area contributed by atoms with Gasteiger partial charge in [-0.3, -0.25) is 0 Å². The molecule has 0 unspecified atom stereocenters. The van der Waals surface area contributed by atoms with Crippen LogP contribution in [0.25, 0.3) is 0 Å². The van der Waals surface area contributed by atoms with Gasteiger partial charge < -0.3 is 9.47 Å². The van der Waals surface area contributed by atoms with Crippen LogP contribution in [0.15, 0.2) is 12.1 Å². The molecule has 1 aromatic rings. The Bertz CT molecular complexity index is 310. The largest absolute Gasteiger partial charge is 0.496 e. The normalized spacial score (nSPS) is 10.0. The molecule has 0 amide bonds. The van der Waals surface area contributed by atoms with E-state index >= 15 is 0 Å². The molecule has 1 rings (SSSR count). The lowest BCUT2D eigenvalue weighted by Gasteiger charge is -2.11. The minimum atomic E-state index is 0.918. The lowest BCUT2D eigenvalue weighted by Crippen LogP contribution is -1.96. The predicted octanol–water partition coefficient (Wildman–Crippen LogP) is 2.95. The third kappa shape index (κ3) is 2.41. The van der Waals surface area contributed by atoms with E-state index in [0.29, 0.717) is 0 Å². The summed E-state index contributed by atoms with van der Waals surface area (Å²) < 4.78 is 10.6. The van der Waals surface area contributed by atoms with E-state index in [9.17, 15) is 0 Å². The third-order valence-corrected chi connectivity index (χ3v) is 2.56. The van der Waals surface area contributed by atoms with Crippen molar-refractivity contribution in [3.63, 3.8) is 0 Å². The molecule has 0 radical (unpaired) electrons. The van der Waals surface area contributed by atoms with Gasteiger partial charge in [-0.1, -0.05) is 15.9 Å². The SMILES string of the molecule is COc1cc(CCBr)c(OC)cc1C. The van der Waals surface area contributed by atoms with Gasteiger partial charge in [-0.2, -0.15) is 0 Å². The summed E-state index contributed by atoms with van der Waals surface area (Å²) in [5, 5.41) is 0.926. The van der Waals surface area contributed by atoms with Gasteiger partial charge in [0, 0.05) is 5.33 Å². The highest BCUT2D eigenvalue weighted by Gasteiger charge is 2.07. The maximum absolute atomic E-state index is 5.30. The quantitative estimate of drug-likeness (QED) is 0.774. The van der Waals surface area contributed by atoms with Crippen molar-refractivity contribution in [2.75, 3.05) is 19.5 Å². The van der Waals surface area contributed by atoms with Crippen LogP contribution >= 0.6 is 15.9 Å². The van der Waals surface area contributed by atoms with Crippen molar-refractivity contribution in [1.82, 2.24) is 0 Å². The van der Waals surface area contributed by atoms with Crippen LogP contribution < -0.4 is 9.47 Å². The van der Waals surface area contributed by atoms with Gasteiger partial charge in [0.1, 0.15) is 11.5 Å². The summed E-state index contributed by atoms with van der Waals surface area (Å²) in [7, 11) is 3.38. The molecule has 2 nitrogen and oxygen atoms in total. The number of ether oxygens (including phenoxy) is 2. The van der Waals surface area contributed by atoms with Crippen LogP contribution in [0.5, 0.6) is 11.5 Å². The maximum Gasteiger partial charge on any atom is 0.122 e. The smallest absolute Gasteiger partial charge is 0.122 e. The molecule has 0 atom stereocenters. The Morgan fingerprint density at radius 2 is 1.79 bits per heavy atom. The monoisotopic (exact) mass is 258 g/mol. The first-order chi connectivity index (χ1) is 6.72. The van der Waals surface area contributed by atoms with E-state index in [4.69, 9.17) is 9.47 Å². The molecule has 0 bridgehead atoms. The maximum atomic E-state index is 5.30. The van der Waals surface area contributed by atoms with Gasteiger partial charge >= 0.3 is 0 Å². The molecule has 78 valence electrons. The van der Waals surface area contributed by atoms with E-state index in [1.165, 1.54) is 5.56 Å². The fourth-order valence-corrected chi connectivity index (χ4v) is 1.84. The number of rotatable bonds is 4. The lowest BCUT2D eigenvalue weighted by molar-refractivity contribution is 0.397. The van der Waals surface area contributed by atoms with Crippen LogP contribution in [-0.4, -0.2) is 19.5 Å². The average molecular weight is 259 g/mol. The zero-order chi connectivity index (χ0) is 10.6. The summed E-state index contributed by atoms with van der Waals surface area (Å²) in [6.45, 7) is 2.01. The van der Waals surface area contributed by atoms with Crippen molar-refractivity contribution >= 4 is 15.9 Å². The van der Waals surface area contributed by atoms with Gasteiger partial charge in [0.2, 0.25) is 0 Å². The van der Waals surface area contributed by atoms with Crippen molar-refractivity contribution < 1.29 is 9.47 Å². The topological polar surface area (TPSA) is 18.5 Å². The van der Waals surface area contributed by atoms with Crippen LogP contribution in [0.2, 0.25) is 0 Å². The number of benzene rings is 1. The van der Waals surface area contributed by atoms with Gasteiger partial charge in [-0.05, 0) is 36.6 Å². The van der Waals surface area contributed by atoms with Crippen LogP contribution in [0.3, 0.4) is 0 Å². The molecule has 0 aliphatic rings. The molecule has 0 aliphatic carbocycles. The van der Waals surface area contributed by atoms with Crippen molar-refractivity contribution in [2.45, 2.75) is 13.3 Å². The van der Waals surface area contributed by atoms with Crippen LogP contribution in [0.4, 0.5) is 0 Å². The fraction of sp³-hybridized carbons (Fsp3) is 0.455. The van der Waals surface area contributed by atoms with Crippen molar-refractivity contribution in [3.05, 3.63) is 23.3 Å². The first kappa shape index (κ1) is 11.4. The molecule has 0 aliphatic heterocycles. The number of aryl methyl sites for hydroxylation is 2. The standard InChI is InChI=1S/C11H15BrO2/c1-8-6-11(14-3)9(4-5-12)7-10(8)13-2/h6-7H,4-5H2,1-3H3. The van der Waals surface area contributed by atoms with Crippen molar-refractivity contribution in [2.24, 2.45) is 0 Å². The summed E-state index contributed by atoms with van der Waals surface area (Å²) in [5.74, 6) is 1.85. The van der Waals surface area contributed by atoms with Gasteiger partial charge in [0.15, 0.2) is 0 Å². The van der Waals surface area contributed by atoms with E-state index in [-0.39, 0.29) is 0 Å². The Labute approximate surface area is 93.4 Å². The lowest BCUT2D eigenvalue weighted by atomic mass is 10.1. The van der Waals surface area contributed by atoms with Crippen molar-refractivity contribution in [1.29, 1.82) is 0 Å². The zero-order valence-electron chi connectivity index (χ0n) is 8.76. The molecule has 14 heavy (non-hydrogen) atoms. The minimum Gasteiger partial charge on any atom is -0.496 e. The van der Waals surface area contributed by atoms with E-state index in [2.05, 4.69) is 15.9 Å². The molecule has 0 aromatic heterocycles. The van der Waals surface area contributed by atoms with Gasteiger partial charge in [-0.25, -0.2) is 0 Å². The Balaban J connectivity index is 3.11. The number of halogens is 1. The average Bonchev–Trinajstić information content (AvgIpc) is 2.20. The molecule has 0 spiro atoms. The summed E-state index contributed by atoms with van der Waals surface area (Å²) >= 11 is 3.42. The molecule has 0 heterocycles. The van der Waals surface area contributed by atoms with Crippen molar-refractivity contribution in [3.8, 4) is 11.5 Å². The van der Waals surface area contributed by atoms with E-state index in [0.717, 1.165) is 28.8 Å². The van der Waals surface area contributed by atoms with Crippen LogP contribution in [0, 0.1) is 6.92 Å². The number of methoxy groups -OCH3 is 2. The predicted molar refractivity (Wildman–Crippen MR) is 61.8 cm³/mol. The second-order valence-corrected chi connectivity index (χ2v) is 3.87. The first-order valence-corrected chi connectivity index (χ1v) is 5.62. The van der Waals surface area contributed by atoms with E-state index in [1.54, 1.807) is 14.2 Å². The van der Waals surface area contributed by atoms with Crippen LogP contribution in [-0.2, 0) is 6.42 Å². The third-order valence-electron chi connectivity index (χ3n) is 2.16. The minimum absolute atomic E-state index is 0.918. The van der Waals surface area contributed by atoms with E-state index in [1.807, 2.05) is 19.1 Å². The fourth-order valence-electron chi connectivity index (χ4n) is 1.41. The molecule has 0 saturated heterocycles. The highest BCUT2D eigenvalue weighted by molar-refractivity contribution is 9.09. The highest BCUT2D eigenvalue weighted by Crippen LogP contribution is 2.28. The van der Waals surface area contributed by atoms with Crippen LogP contribution in [0.1, 0.15) is 11.1 Å². The molecular weight excluding hydrogens is 244 g/mol. The zero-order valence-corrected chi connectivity index (χ0v) is 10.3. The molecule has 0 N–H and O–H groups in total. The first-order valence-electron chi connectivity index (χ1n) is 4.50. The van der Waals surface area contributed by atoms with Gasteiger partial charge in [0.25, 0.3) is 0 Å². The summed E-state index contributed by atoms with van der Waals surface area (Å²) in [6.07, 6.45) is 0.944. The Morgan fingerprint density at radius 3 is 2.29 bits per heavy atom. The molecule has 0 fully saturated rings. The van der Waals surface area contributed by atoms with Gasteiger partial charge in [-0.15, -0.1) is 0 Å². The molecule has 3 heteroatoms. The Kier molecular flexibility index (Phi) is 4.26. The summed E-state index contributed by atoms with van der Waals surface area (Å²) in [6, 6.07) is 4.05. The number of hydrogen-bond donors (Lipinski definition) is 0. The second-order valence-electron chi connectivity index (χ2n) is 3.07. The molecule has 1 aromatic carbocycles.